The number of hydrogen-bond acceptors (Lipinski definition) is 5. The van der Waals surface area contributed by atoms with Gasteiger partial charge in [-0.3, -0.25) is 9.59 Å². The molecule has 0 spiro atoms. The van der Waals surface area contributed by atoms with Crippen LogP contribution in [0.5, 0.6) is 0 Å². The lowest BCUT2D eigenvalue weighted by atomic mass is 9.83. The lowest BCUT2D eigenvalue weighted by Gasteiger charge is -2.22. The smallest absolute Gasteiger partial charge is 0.248 e. The van der Waals surface area contributed by atoms with Gasteiger partial charge in [0.15, 0.2) is 0 Å². The summed E-state index contributed by atoms with van der Waals surface area (Å²) in [5.41, 5.74) is 5.39. The van der Waals surface area contributed by atoms with Gasteiger partial charge in [-0.2, -0.15) is 5.26 Å². The fourth-order valence-electron chi connectivity index (χ4n) is 5.58. The minimum Gasteiger partial charge on any atom is -0.322 e. The molecule has 2 N–H and O–H groups in total. The molecule has 5 aromatic rings. The molecule has 7 heteroatoms. The van der Waals surface area contributed by atoms with Crippen molar-refractivity contribution in [2.24, 2.45) is 0 Å². The van der Waals surface area contributed by atoms with Gasteiger partial charge in [0.25, 0.3) is 0 Å². The number of benzene rings is 4. The van der Waals surface area contributed by atoms with Crippen molar-refractivity contribution in [3.05, 3.63) is 154 Å². The summed E-state index contributed by atoms with van der Waals surface area (Å²) in [4.78, 5) is 28.6. The lowest BCUT2D eigenvalue weighted by Crippen LogP contribution is -2.19. The van der Waals surface area contributed by atoms with Crippen molar-refractivity contribution in [1.82, 2.24) is 0 Å². The highest BCUT2D eigenvalue weighted by Gasteiger charge is 2.29. The fourth-order valence-corrected chi connectivity index (χ4v) is 7.95. The quantitative estimate of drug-likeness (QED) is 0.127. The first-order valence-corrected chi connectivity index (χ1v) is 16.5. The zero-order valence-electron chi connectivity index (χ0n) is 24.5. The predicted octanol–water partition coefficient (Wildman–Crippen LogP) is 9.02. The number of carbonyl (C=O) groups is 2. The Morgan fingerprint density at radius 1 is 0.889 bits per heavy atom. The number of anilines is 2. The van der Waals surface area contributed by atoms with E-state index in [9.17, 15) is 14.9 Å². The number of nitrogens with one attached hydrogen (secondary N) is 2. The summed E-state index contributed by atoms with van der Waals surface area (Å²) in [6.45, 7) is 0. The zero-order chi connectivity index (χ0) is 31.0. The number of carbonyl (C=O) groups excluding carboxylic acids is 2. The molecule has 6 rings (SSSR count). The summed E-state index contributed by atoms with van der Waals surface area (Å²) >= 11 is 2.93. The molecule has 2 unspecified atom stereocenters. The molecule has 2 amide bonds. The van der Waals surface area contributed by atoms with Crippen LogP contribution in [0.3, 0.4) is 0 Å². The molecule has 0 saturated heterocycles. The van der Waals surface area contributed by atoms with Crippen molar-refractivity contribution in [3.8, 4) is 6.07 Å². The Morgan fingerprint density at radius 2 is 1.60 bits per heavy atom. The van der Waals surface area contributed by atoms with Crippen LogP contribution in [0.1, 0.15) is 50.3 Å². The molecule has 0 saturated carbocycles. The molecule has 0 radical (unpaired) electrons. The second-order valence-electron chi connectivity index (χ2n) is 10.8. The third kappa shape index (κ3) is 7.43. The Hall–Kier alpha value is -4.90. The van der Waals surface area contributed by atoms with Crippen LogP contribution in [-0.4, -0.2) is 11.8 Å². The highest BCUT2D eigenvalue weighted by molar-refractivity contribution is 8.00. The van der Waals surface area contributed by atoms with Crippen LogP contribution in [0, 0.1) is 11.3 Å². The molecule has 0 fully saturated rings. The van der Waals surface area contributed by atoms with Gasteiger partial charge in [0.1, 0.15) is 16.3 Å². The molecule has 45 heavy (non-hydrogen) atoms. The Bertz CT molecular complexity index is 1860. The van der Waals surface area contributed by atoms with Gasteiger partial charge in [0, 0.05) is 21.5 Å². The molecule has 1 aromatic heterocycles. The second kappa shape index (κ2) is 14.3. The molecule has 4 aromatic carbocycles. The van der Waals surface area contributed by atoms with Gasteiger partial charge < -0.3 is 10.6 Å². The third-order valence-electron chi connectivity index (χ3n) is 7.81. The largest absolute Gasteiger partial charge is 0.322 e. The third-order valence-corrected chi connectivity index (χ3v) is 10.2. The monoisotopic (exact) mass is 625 g/mol. The molecule has 2 atom stereocenters. The van der Waals surface area contributed by atoms with E-state index in [0.29, 0.717) is 22.2 Å². The highest BCUT2D eigenvalue weighted by atomic mass is 32.2. The van der Waals surface area contributed by atoms with E-state index in [1.165, 1.54) is 39.6 Å². The maximum absolute atomic E-state index is 14.0. The average molecular weight is 626 g/mol. The Balaban J connectivity index is 1.20. The summed E-state index contributed by atoms with van der Waals surface area (Å²) in [5.74, 6) is -0.0265. The van der Waals surface area contributed by atoms with E-state index in [1.807, 2.05) is 91.0 Å². The van der Waals surface area contributed by atoms with Crippen LogP contribution in [0.25, 0.3) is 6.08 Å². The van der Waals surface area contributed by atoms with Crippen molar-refractivity contribution in [1.29, 1.82) is 5.26 Å². The fraction of sp³-hybridized carbons (Fsp3) is 0.132. The molecule has 1 heterocycles. The topological polar surface area (TPSA) is 82.0 Å². The number of fused-ring (bicyclic) bond motifs is 1. The first kappa shape index (κ1) is 30.1. The molecule has 222 valence electrons. The van der Waals surface area contributed by atoms with Gasteiger partial charge >= 0.3 is 0 Å². The Kier molecular flexibility index (Phi) is 9.55. The maximum Gasteiger partial charge on any atom is 0.248 e. The van der Waals surface area contributed by atoms with Gasteiger partial charge in [0.05, 0.1) is 5.56 Å². The molecule has 1 aliphatic rings. The highest BCUT2D eigenvalue weighted by Crippen LogP contribution is 2.43. The van der Waals surface area contributed by atoms with E-state index in [2.05, 4.69) is 41.0 Å². The summed E-state index contributed by atoms with van der Waals surface area (Å²) in [7, 11) is 0. The Labute approximate surface area is 271 Å². The van der Waals surface area contributed by atoms with Gasteiger partial charge in [-0.25, -0.2) is 0 Å². The Morgan fingerprint density at radius 3 is 2.33 bits per heavy atom. The van der Waals surface area contributed by atoms with Crippen LogP contribution in [0.15, 0.2) is 126 Å². The normalized spacial score (nSPS) is 14.7. The van der Waals surface area contributed by atoms with E-state index in [0.717, 1.165) is 40.8 Å². The van der Waals surface area contributed by atoms with Crippen molar-refractivity contribution in [2.45, 2.75) is 35.3 Å². The standard InChI is InChI=1S/C38H31N3O2S2/c39-25-33-32-21-20-29(27-13-6-2-7-14-27)23-34(32)45-38(33)41-37(43)36(28-15-8-3-9-16-28)44-31-18-10-17-30(24-31)40-35(42)22-19-26-11-4-1-5-12-26/h1-19,22,24,29,36H,20-21,23H2,(H,40,42)(H,41,43)/b22-19+. The number of thioether (sulfide) groups is 1. The minimum atomic E-state index is -0.571. The zero-order valence-corrected chi connectivity index (χ0v) is 26.1. The van der Waals surface area contributed by atoms with E-state index >= 15 is 0 Å². The second-order valence-corrected chi connectivity index (χ2v) is 13.1. The summed E-state index contributed by atoms with van der Waals surface area (Å²) < 4.78 is 0. The van der Waals surface area contributed by atoms with Gasteiger partial charge in [-0.05, 0) is 71.7 Å². The van der Waals surface area contributed by atoms with Crippen molar-refractivity contribution < 1.29 is 9.59 Å². The van der Waals surface area contributed by atoms with E-state index in [-0.39, 0.29) is 11.8 Å². The van der Waals surface area contributed by atoms with Gasteiger partial charge in [-0.1, -0.05) is 97.1 Å². The van der Waals surface area contributed by atoms with E-state index in [1.54, 1.807) is 6.08 Å². The lowest BCUT2D eigenvalue weighted by molar-refractivity contribution is -0.116. The molecular weight excluding hydrogens is 595 g/mol. The molecular formula is C38H31N3O2S2. The molecule has 0 bridgehead atoms. The predicted molar refractivity (Wildman–Crippen MR) is 184 cm³/mol. The van der Waals surface area contributed by atoms with Gasteiger partial charge in [0.2, 0.25) is 11.8 Å². The summed E-state index contributed by atoms with van der Waals surface area (Å²) in [6.07, 6.45) is 5.94. The number of thiophene rings is 1. The molecule has 1 aliphatic carbocycles. The van der Waals surface area contributed by atoms with Crippen LogP contribution in [0.2, 0.25) is 0 Å². The first-order valence-electron chi connectivity index (χ1n) is 14.8. The number of nitriles is 1. The minimum absolute atomic E-state index is 0.193. The van der Waals surface area contributed by atoms with Crippen LogP contribution < -0.4 is 10.6 Å². The van der Waals surface area contributed by atoms with Crippen LogP contribution >= 0.6 is 23.1 Å². The van der Waals surface area contributed by atoms with Crippen molar-refractivity contribution in [2.75, 3.05) is 10.6 Å². The average Bonchev–Trinajstić information content (AvgIpc) is 3.43. The van der Waals surface area contributed by atoms with Crippen LogP contribution in [-0.2, 0) is 22.4 Å². The van der Waals surface area contributed by atoms with Gasteiger partial charge in [-0.15, -0.1) is 23.1 Å². The first-order chi connectivity index (χ1) is 22.1. The number of hydrogen-bond donors (Lipinski definition) is 2. The van der Waals surface area contributed by atoms with Crippen molar-refractivity contribution in [3.63, 3.8) is 0 Å². The summed E-state index contributed by atoms with van der Waals surface area (Å²) in [6, 6.07) is 39.7. The van der Waals surface area contributed by atoms with E-state index < -0.39 is 5.25 Å². The SMILES string of the molecule is N#Cc1c(NC(=O)C(Sc2cccc(NC(=O)/C=C/c3ccccc3)c2)c2ccccc2)sc2c1CCC(c1ccccc1)C2. The summed E-state index contributed by atoms with van der Waals surface area (Å²) in [5, 5.41) is 16.2. The number of nitrogens with zero attached hydrogens (tertiary/aromatic N) is 1. The van der Waals surface area contributed by atoms with Crippen LogP contribution in [0.4, 0.5) is 10.7 Å². The number of amides is 2. The van der Waals surface area contributed by atoms with Crippen molar-refractivity contribution >= 4 is 51.7 Å². The molecule has 0 aliphatic heterocycles. The van der Waals surface area contributed by atoms with E-state index in [4.69, 9.17) is 0 Å². The number of rotatable bonds is 9. The maximum atomic E-state index is 14.0. The molecule has 5 nitrogen and oxygen atoms in total.